The number of hydrogen-bond acceptors (Lipinski definition) is 3. The van der Waals surface area contributed by atoms with Crippen LogP contribution in [-0.4, -0.2) is 17.9 Å². The number of ketones is 1. The lowest BCUT2D eigenvalue weighted by Crippen LogP contribution is -2.24. The van der Waals surface area contributed by atoms with Gasteiger partial charge in [0.25, 0.3) is 0 Å². The van der Waals surface area contributed by atoms with Crippen LogP contribution in [0.4, 0.5) is 0 Å². The Labute approximate surface area is 99.8 Å². The first-order valence-electron chi connectivity index (χ1n) is 6.04. The van der Waals surface area contributed by atoms with E-state index in [1.54, 1.807) is 12.1 Å². The Morgan fingerprint density at radius 1 is 1.18 bits per heavy atom. The van der Waals surface area contributed by atoms with Crippen molar-refractivity contribution in [1.29, 1.82) is 0 Å². The van der Waals surface area contributed by atoms with Crippen LogP contribution >= 0.6 is 0 Å². The number of ether oxygens (including phenoxy) is 1. The molecular weight excluding hydrogens is 216 g/mol. The molecule has 3 unspecified atom stereocenters. The molecule has 2 fully saturated rings. The van der Waals surface area contributed by atoms with E-state index in [2.05, 4.69) is 0 Å². The number of rotatable bonds is 2. The topological polar surface area (TPSA) is 43.4 Å². The normalized spacial score (nSPS) is 30.6. The molecule has 3 atom stereocenters. The highest BCUT2D eigenvalue weighted by molar-refractivity contribution is 5.91. The van der Waals surface area contributed by atoms with E-state index >= 15 is 0 Å². The Balaban J connectivity index is 1.73. The summed E-state index contributed by atoms with van der Waals surface area (Å²) in [6.07, 6.45) is 2.33. The van der Waals surface area contributed by atoms with Crippen LogP contribution in [-0.2, 0) is 9.53 Å². The highest BCUT2D eigenvalue weighted by Gasteiger charge is 2.49. The zero-order chi connectivity index (χ0) is 11.8. The smallest absolute Gasteiger partial charge is 0.338 e. The van der Waals surface area contributed by atoms with Gasteiger partial charge in [-0.2, -0.15) is 0 Å². The van der Waals surface area contributed by atoms with E-state index < -0.39 is 0 Å². The van der Waals surface area contributed by atoms with Gasteiger partial charge >= 0.3 is 5.97 Å². The maximum atomic E-state index is 11.9. The molecule has 2 saturated carbocycles. The second-order valence-corrected chi connectivity index (χ2v) is 4.85. The molecule has 1 aromatic rings. The van der Waals surface area contributed by atoms with Crippen LogP contribution in [0.2, 0.25) is 0 Å². The predicted octanol–water partition coefficient (Wildman–Crippen LogP) is 2.21. The van der Waals surface area contributed by atoms with Crippen molar-refractivity contribution in [2.45, 2.75) is 25.4 Å². The lowest BCUT2D eigenvalue weighted by atomic mass is 10.00. The second-order valence-electron chi connectivity index (χ2n) is 4.85. The van der Waals surface area contributed by atoms with Crippen molar-refractivity contribution in [2.75, 3.05) is 0 Å². The summed E-state index contributed by atoms with van der Waals surface area (Å²) in [6.45, 7) is 0. The minimum Gasteiger partial charge on any atom is -0.458 e. The molecule has 88 valence electrons. The number of fused-ring (bicyclic) bond motifs is 2. The summed E-state index contributed by atoms with van der Waals surface area (Å²) < 4.78 is 5.50. The molecule has 2 aliphatic rings. The molecule has 2 bridgehead atoms. The van der Waals surface area contributed by atoms with E-state index in [4.69, 9.17) is 4.74 Å². The van der Waals surface area contributed by atoms with E-state index in [1.165, 1.54) is 0 Å². The van der Waals surface area contributed by atoms with Crippen LogP contribution in [0.5, 0.6) is 0 Å². The molecule has 0 radical (unpaired) electrons. The Bertz CT molecular complexity index is 452. The monoisotopic (exact) mass is 230 g/mol. The fourth-order valence-corrected chi connectivity index (χ4v) is 2.97. The molecule has 0 N–H and O–H groups in total. The van der Waals surface area contributed by atoms with Crippen LogP contribution in [0.15, 0.2) is 30.3 Å². The van der Waals surface area contributed by atoms with Gasteiger partial charge in [-0.1, -0.05) is 18.2 Å². The van der Waals surface area contributed by atoms with Crippen molar-refractivity contribution in [3.05, 3.63) is 35.9 Å². The van der Waals surface area contributed by atoms with Gasteiger partial charge in [0.1, 0.15) is 11.9 Å². The van der Waals surface area contributed by atoms with Crippen LogP contribution in [0.3, 0.4) is 0 Å². The summed E-state index contributed by atoms with van der Waals surface area (Å²) in [5.74, 6) is 0.196. The molecule has 3 rings (SSSR count). The summed E-state index contributed by atoms with van der Waals surface area (Å²) >= 11 is 0. The molecule has 0 aromatic heterocycles. The van der Waals surface area contributed by atoms with Gasteiger partial charge in [-0.15, -0.1) is 0 Å². The zero-order valence-corrected chi connectivity index (χ0v) is 9.46. The highest BCUT2D eigenvalue weighted by atomic mass is 16.5. The average molecular weight is 230 g/mol. The minimum atomic E-state index is -0.304. The molecule has 0 spiro atoms. The maximum Gasteiger partial charge on any atom is 0.338 e. The highest BCUT2D eigenvalue weighted by Crippen LogP contribution is 2.44. The van der Waals surface area contributed by atoms with Crippen LogP contribution < -0.4 is 0 Å². The Kier molecular flexibility index (Phi) is 2.46. The third kappa shape index (κ3) is 1.75. The number of esters is 1. The molecular formula is C14H14O3. The molecule has 0 amide bonds. The first-order chi connectivity index (χ1) is 8.25. The summed E-state index contributed by atoms with van der Waals surface area (Å²) in [5, 5.41) is 0. The molecule has 3 heteroatoms. The first-order valence-corrected chi connectivity index (χ1v) is 6.04. The van der Waals surface area contributed by atoms with Gasteiger partial charge in [-0.3, -0.25) is 4.79 Å². The maximum absolute atomic E-state index is 11.9. The third-order valence-electron chi connectivity index (χ3n) is 3.84. The standard InChI is InChI=1S/C14H14O3/c15-12-8-10-6-7-11(12)13(10)17-14(16)9-4-2-1-3-5-9/h1-5,10-11,13H,6-8H2. The van der Waals surface area contributed by atoms with Crippen molar-refractivity contribution in [3.8, 4) is 0 Å². The van der Waals surface area contributed by atoms with Crippen LogP contribution in [0, 0.1) is 11.8 Å². The number of Topliss-reactive ketones (excluding diaryl/α,β-unsaturated/α-hetero) is 1. The van der Waals surface area contributed by atoms with Gasteiger partial charge in [-0.05, 0) is 25.0 Å². The van der Waals surface area contributed by atoms with Gasteiger partial charge in [0.05, 0.1) is 11.5 Å². The van der Waals surface area contributed by atoms with Crippen LogP contribution in [0.25, 0.3) is 0 Å². The quantitative estimate of drug-likeness (QED) is 0.731. The van der Waals surface area contributed by atoms with Gasteiger partial charge in [0, 0.05) is 12.3 Å². The molecule has 3 nitrogen and oxygen atoms in total. The fraction of sp³-hybridized carbons (Fsp3) is 0.429. The summed E-state index contributed by atoms with van der Waals surface area (Å²) in [4.78, 5) is 23.5. The molecule has 1 aromatic carbocycles. The molecule has 17 heavy (non-hydrogen) atoms. The molecule has 0 heterocycles. The number of hydrogen-bond donors (Lipinski definition) is 0. The lowest BCUT2D eigenvalue weighted by molar-refractivity contribution is -0.122. The van der Waals surface area contributed by atoms with E-state index in [0.29, 0.717) is 12.0 Å². The van der Waals surface area contributed by atoms with Crippen molar-refractivity contribution < 1.29 is 14.3 Å². The van der Waals surface area contributed by atoms with E-state index in [-0.39, 0.29) is 29.7 Å². The largest absolute Gasteiger partial charge is 0.458 e. The molecule has 0 saturated heterocycles. The van der Waals surface area contributed by atoms with Crippen molar-refractivity contribution >= 4 is 11.8 Å². The number of carbonyl (C=O) groups is 2. The predicted molar refractivity (Wildman–Crippen MR) is 61.5 cm³/mol. The van der Waals surface area contributed by atoms with Gasteiger partial charge in [-0.25, -0.2) is 4.79 Å². The average Bonchev–Trinajstić information content (AvgIpc) is 2.86. The fourth-order valence-electron chi connectivity index (χ4n) is 2.97. The zero-order valence-electron chi connectivity index (χ0n) is 9.46. The van der Waals surface area contributed by atoms with Crippen molar-refractivity contribution in [3.63, 3.8) is 0 Å². The summed E-state index contributed by atoms with van der Waals surface area (Å²) in [5.41, 5.74) is 0.561. The minimum absolute atomic E-state index is 0.0346. The molecule has 2 aliphatic carbocycles. The Hall–Kier alpha value is -1.64. The van der Waals surface area contributed by atoms with E-state index in [1.807, 2.05) is 18.2 Å². The number of benzene rings is 1. The summed E-state index contributed by atoms with van der Waals surface area (Å²) in [6, 6.07) is 8.96. The van der Waals surface area contributed by atoms with Gasteiger partial charge in [0.2, 0.25) is 0 Å². The van der Waals surface area contributed by atoms with Gasteiger partial charge < -0.3 is 4.74 Å². The van der Waals surface area contributed by atoms with E-state index in [9.17, 15) is 9.59 Å². The van der Waals surface area contributed by atoms with Crippen LogP contribution in [0.1, 0.15) is 29.6 Å². The third-order valence-corrected chi connectivity index (χ3v) is 3.84. The Morgan fingerprint density at radius 3 is 2.53 bits per heavy atom. The van der Waals surface area contributed by atoms with Crippen molar-refractivity contribution in [1.82, 2.24) is 0 Å². The second kappa shape index (κ2) is 3.99. The van der Waals surface area contributed by atoms with Gasteiger partial charge in [0.15, 0.2) is 0 Å². The van der Waals surface area contributed by atoms with E-state index in [0.717, 1.165) is 12.8 Å². The SMILES string of the molecule is O=C(OC1C2CCC1C(=O)C2)c1ccccc1. The number of carbonyl (C=O) groups excluding carboxylic acids is 2. The lowest BCUT2D eigenvalue weighted by Gasteiger charge is -2.15. The van der Waals surface area contributed by atoms with Crippen molar-refractivity contribution in [2.24, 2.45) is 11.8 Å². The first kappa shape index (κ1) is 10.5. The molecule has 0 aliphatic heterocycles. The summed E-state index contributed by atoms with van der Waals surface area (Å²) in [7, 11) is 0. The Morgan fingerprint density at radius 2 is 1.94 bits per heavy atom.